The molecule has 104 valence electrons. The average Bonchev–Trinajstić information content (AvgIpc) is 2.91. The molecule has 0 atom stereocenters. The summed E-state index contributed by atoms with van der Waals surface area (Å²) in [6, 6.07) is 0. The molecule has 0 aliphatic heterocycles. The lowest BCUT2D eigenvalue weighted by Gasteiger charge is -2.33. The van der Waals surface area contributed by atoms with E-state index < -0.39 is 5.97 Å². The smallest absolute Gasteiger partial charge is 0.307 e. The van der Waals surface area contributed by atoms with E-state index in [-0.39, 0.29) is 11.3 Å². The van der Waals surface area contributed by atoms with E-state index in [4.69, 9.17) is 5.11 Å². The van der Waals surface area contributed by atoms with Crippen LogP contribution in [0.4, 0.5) is 0 Å². The summed E-state index contributed by atoms with van der Waals surface area (Å²) in [5.74, 6) is -0.838. The van der Waals surface area contributed by atoms with E-state index in [0.717, 1.165) is 18.5 Å². The second kappa shape index (κ2) is 4.78. The Kier molecular flexibility index (Phi) is 3.25. The van der Waals surface area contributed by atoms with Gasteiger partial charge in [-0.3, -0.25) is 9.59 Å². The van der Waals surface area contributed by atoms with Gasteiger partial charge in [0.05, 0.1) is 6.42 Å². The zero-order chi connectivity index (χ0) is 13.5. The zero-order valence-electron chi connectivity index (χ0n) is 11.0. The van der Waals surface area contributed by atoms with E-state index >= 15 is 0 Å². The van der Waals surface area contributed by atoms with Gasteiger partial charge in [-0.1, -0.05) is 24.2 Å². The Labute approximate surface area is 116 Å². The van der Waals surface area contributed by atoms with Gasteiger partial charge in [-0.2, -0.15) is 0 Å². The molecule has 19 heavy (non-hydrogen) atoms. The van der Waals surface area contributed by atoms with E-state index in [1.807, 2.05) is 0 Å². The summed E-state index contributed by atoms with van der Waals surface area (Å²) in [5.41, 5.74) is 1.57. The first-order chi connectivity index (χ1) is 9.10. The zero-order valence-corrected chi connectivity index (χ0v) is 11.8. The molecular weight excluding hydrogens is 262 g/mol. The van der Waals surface area contributed by atoms with Crippen molar-refractivity contribution in [2.24, 2.45) is 5.41 Å². The molecule has 2 aliphatic carbocycles. The molecule has 0 aromatic carbocycles. The highest BCUT2D eigenvalue weighted by Crippen LogP contribution is 2.48. The van der Waals surface area contributed by atoms with E-state index in [9.17, 15) is 9.59 Å². The van der Waals surface area contributed by atoms with Gasteiger partial charge in [-0.15, -0.1) is 0 Å². The molecule has 1 N–H and O–H groups in total. The lowest BCUT2D eigenvalue weighted by molar-refractivity contribution is -0.137. The van der Waals surface area contributed by atoms with Gasteiger partial charge >= 0.3 is 10.8 Å². The van der Waals surface area contributed by atoms with Crippen molar-refractivity contribution in [3.05, 3.63) is 20.2 Å². The number of carboxylic acids is 1. The third-order valence-corrected chi connectivity index (χ3v) is 5.74. The first-order valence-electron chi connectivity index (χ1n) is 7.03. The van der Waals surface area contributed by atoms with E-state index in [1.54, 1.807) is 4.57 Å². The van der Waals surface area contributed by atoms with Crippen molar-refractivity contribution in [1.29, 1.82) is 0 Å². The SMILES string of the molecule is O=C(O)CCn1c2c(sc1=O)CC1(CCCC1)CC2. The first-order valence-corrected chi connectivity index (χ1v) is 7.84. The summed E-state index contributed by atoms with van der Waals surface area (Å²) in [4.78, 5) is 23.9. The van der Waals surface area contributed by atoms with Crippen molar-refractivity contribution >= 4 is 17.3 Å². The fraction of sp³-hybridized carbons (Fsp3) is 0.714. The number of aliphatic carboxylic acids is 1. The van der Waals surface area contributed by atoms with Gasteiger partial charge < -0.3 is 9.67 Å². The predicted molar refractivity (Wildman–Crippen MR) is 73.8 cm³/mol. The van der Waals surface area contributed by atoms with Gasteiger partial charge in [-0.05, 0) is 37.5 Å². The summed E-state index contributed by atoms with van der Waals surface area (Å²) < 4.78 is 1.70. The molecule has 3 rings (SSSR count). The molecule has 0 bridgehead atoms. The fourth-order valence-electron chi connectivity index (χ4n) is 3.69. The maximum atomic E-state index is 12.0. The maximum Gasteiger partial charge on any atom is 0.307 e. The normalized spacial score (nSPS) is 20.6. The van der Waals surface area contributed by atoms with E-state index in [1.165, 1.54) is 48.3 Å². The quantitative estimate of drug-likeness (QED) is 0.925. The number of hydrogen-bond acceptors (Lipinski definition) is 3. The Bertz CT molecular complexity index is 552. The van der Waals surface area contributed by atoms with Crippen molar-refractivity contribution in [2.45, 2.75) is 57.9 Å². The summed E-state index contributed by atoms with van der Waals surface area (Å²) in [5, 5.41) is 8.76. The molecule has 5 heteroatoms. The van der Waals surface area contributed by atoms with Gasteiger partial charge in [0.1, 0.15) is 0 Å². The van der Waals surface area contributed by atoms with Crippen LogP contribution in [0.2, 0.25) is 0 Å². The third-order valence-electron chi connectivity index (χ3n) is 4.72. The minimum Gasteiger partial charge on any atom is -0.481 e. The molecule has 0 radical (unpaired) electrons. The molecule has 1 fully saturated rings. The molecule has 2 aliphatic rings. The Morgan fingerprint density at radius 2 is 2.05 bits per heavy atom. The number of fused-ring (bicyclic) bond motifs is 1. The maximum absolute atomic E-state index is 12.0. The number of nitrogens with zero attached hydrogens (tertiary/aromatic N) is 1. The summed E-state index contributed by atoms with van der Waals surface area (Å²) in [6.07, 6.45) is 8.45. The van der Waals surface area contributed by atoms with Gasteiger partial charge in [0.2, 0.25) is 0 Å². The van der Waals surface area contributed by atoms with Gasteiger partial charge in [-0.25, -0.2) is 0 Å². The number of hydrogen-bond donors (Lipinski definition) is 1. The molecule has 0 unspecified atom stereocenters. The van der Waals surface area contributed by atoms with Crippen LogP contribution in [0.25, 0.3) is 0 Å². The Balaban J connectivity index is 1.85. The first kappa shape index (κ1) is 12.9. The van der Waals surface area contributed by atoms with E-state index in [0.29, 0.717) is 12.0 Å². The molecule has 1 aromatic heterocycles. The van der Waals surface area contributed by atoms with Crippen LogP contribution in [0.15, 0.2) is 4.79 Å². The van der Waals surface area contributed by atoms with Crippen LogP contribution in [-0.2, 0) is 24.2 Å². The van der Waals surface area contributed by atoms with Crippen LogP contribution in [0.1, 0.15) is 49.1 Å². The largest absolute Gasteiger partial charge is 0.481 e. The molecule has 1 heterocycles. The minimum absolute atomic E-state index is 0.0290. The highest BCUT2D eigenvalue weighted by atomic mass is 32.1. The number of aromatic nitrogens is 1. The van der Waals surface area contributed by atoms with Crippen LogP contribution in [-0.4, -0.2) is 15.6 Å². The van der Waals surface area contributed by atoms with Gasteiger partial charge in [0.25, 0.3) is 0 Å². The number of carbonyl (C=O) groups is 1. The van der Waals surface area contributed by atoms with Gasteiger partial charge in [0.15, 0.2) is 0 Å². The molecule has 1 aromatic rings. The Morgan fingerprint density at radius 1 is 1.32 bits per heavy atom. The molecular formula is C14H19NO3S. The monoisotopic (exact) mass is 281 g/mol. The summed E-state index contributed by atoms with van der Waals surface area (Å²) >= 11 is 1.34. The molecule has 1 spiro atoms. The fourth-order valence-corrected chi connectivity index (χ4v) is 4.92. The lowest BCUT2D eigenvalue weighted by Crippen LogP contribution is -2.27. The second-order valence-corrected chi connectivity index (χ2v) is 6.96. The van der Waals surface area contributed by atoms with Crippen molar-refractivity contribution in [3.8, 4) is 0 Å². The van der Waals surface area contributed by atoms with Crippen LogP contribution in [0.5, 0.6) is 0 Å². The van der Waals surface area contributed by atoms with Crippen molar-refractivity contribution in [2.75, 3.05) is 0 Å². The topological polar surface area (TPSA) is 59.3 Å². The highest BCUT2D eigenvalue weighted by Gasteiger charge is 2.38. The van der Waals surface area contributed by atoms with E-state index in [2.05, 4.69) is 0 Å². The van der Waals surface area contributed by atoms with Crippen LogP contribution >= 0.6 is 11.3 Å². The average molecular weight is 281 g/mol. The minimum atomic E-state index is -0.838. The Morgan fingerprint density at radius 3 is 2.74 bits per heavy atom. The number of carboxylic acid groups (broad SMARTS) is 1. The summed E-state index contributed by atoms with van der Waals surface area (Å²) in [7, 11) is 0. The molecule has 0 saturated heterocycles. The third kappa shape index (κ3) is 2.36. The van der Waals surface area contributed by atoms with Crippen LogP contribution < -0.4 is 4.87 Å². The van der Waals surface area contributed by atoms with Crippen LogP contribution in [0, 0.1) is 5.41 Å². The Hall–Kier alpha value is -1.10. The van der Waals surface area contributed by atoms with Crippen molar-refractivity contribution < 1.29 is 9.90 Å². The van der Waals surface area contributed by atoms with Gasteiger partial charge in [0, 0.05) is 17.1 Å². The van der Waals surface area contributed by atoms with Crippen molar-refractivity contribution in [1.82, 2.24) is 4.57 Å². The molecule has 0 amide bonds. The van der Waals surface area contributed by atoms with Crippen molar-refractivity contribution in [3.63, 3.8) is 0 Å². The lowest BCUT2D eigenvalue weighted by atomic mass is 9.74. The highest BCUT2D eigenvalue weighted by molar-refractivity contribution is 7.09. The molecule has 1 saturated carbocycles. The summed E-state index contributed by atoms with van der Waals surface area (Å²) in [6.45, 7) is 0.326. The van der Waals surface area contributed by atoms with Crippen LogP contribution in [0.3, 0.4) is 0 Å². The number of rotatable bonds is 3. The second-order valence-electron chi connectivity index (χ2n) is 5.92. The number of thiazole rings is 1. The standard InChI is InChI=1S/C14H19NO3S/c16-12(17)4-8-15-10-3-7-14(5-1-2-6-14)9-11(10)19-13(15)18/h1-9H2,(H,16,17). The molecule has 4 nitrogen and oxygen atoms in total. The predicted octanol–water partition coefficient (Wildman–Crippen LogP) is 2.43.